The van der Waals surface area contributed by atoms with Crippen LogP contribution in [-0.4, -0.2) is 20.2 Å². The number of nitrogens with zero attached hydrogens (tertiary/aromatic N) is 4. The third-order valence-corrected chi connectivity index (χ3v) is 3.25. The van der Waals surface area contributed by atoms with Crippen LogP contribution in [0.25, 0.3) is 0 Å². The monoisotopic (exact) mass is 225 g/mol. The van der Waals surface area contributed by atoms with Crippen molar-refractivity contribution >= 4 is 28.2 Å². The Kier molecular flexibility index (Phi) is 2.90. The van der Waals surface area contributed by atoms with E-state index in [-0.39, 0.29) is 0 Å². The van der Waals surface area contributed by atoms with Crippen LogP contribution >= 0.6 is 23.1 Å². The highest BCUT2D eigenvalue weighted by Gasteiger charge is 2.02. The van der Waals surface area contributed by atoms with Crippen molar-refractivity contribution in [2.24, 2.45) is 0 Å². The number of aromatic nitrogens is 4. The Labute approximate surface area is 88.8 Å². The fourth-order valence-corrected chi connectivity index (χ4v) is 2.32. The van der Waals surface area contributed by atoms with E-state index in [1.807, 2.05) is 0 Å². The van der Waals surface area contributed by atoms with E-state index in [1.165, 1.54) is 23.1 Å². The van der Waals surface area contributed by atoms with Crippen LogP contribution in [0.3, 0.4) is 0 Å². The predicted molar refractivity (Wildman–Crippen MR) is 55.9 cm³/mol. The number of rotatable bonds is 3. The zero-order valence-electron chi connectivity index (χ0n) is 7.12. The van der Waals surface area contributed by atoms with Gasteiger partial charge in [0.1, 0.15) is 5.82 Å². The second-order valence-electron chi connectivity index (χ2n) is 2.36. The highest BCUT2D eigenvalue weighted by molar-refractivity contribution is 8.00. The van der Waals surface area contributed by atoms with Crippen LogP contribution in [-0.2, 0) is 5.75 Å². The van der Waals surface area contributed by atoms with E-state index in [1.54, 1.807) is 18.5 Å². The minimum atomic E-state index is 0.487. The summed E-state index contributed by atoms with van der Waals surface area (Å²) in [6.45, 7) is 0. The van der Waals surface area contributed by atoms with Crippen molar-refractivity contribution in [3.63, 3.8) is 0 Å². The highest BCUT2D eigenvalue weighted by Crippen LogP contribution is 2.25. The molecule has 5 nitrogen and oxygen atoms in total. The van der Waals surface area contributed by atoms with E-state index < -0.39 is 0 Å². The Morgan fingerprint density at radius 3 is 2.71 bits per heavy atom. The molecule has 2 heterocycles. The molecule has 0 unspecified atom stereocenters. The Balaban J connectivity index is 1.95. The first-order chi connectivity index (χ1) is 6.84. The topological polar surface area (TPSA) is 77.6 Å². The third-order valence-electron chi connectivity index (χ3n) is 1.37. The summed E-state index contributed by atoms with van der Waals surface area (Å²) in [5, 5.41) is 8.08. The lowest BCUT2D eigenvalue weighted by Crippen LogP contribution is -1.89. The summed E-state index contributed by atoms with van der Waals surface area (Å²) in [5.41, 5.74) is 5.45. The molecule has 0 saturated carbocycles. The second kappa shape index (κ2) is 4.34. The summed E-state index contributed by atoms with van der Waals surface area (Å²) in [5.74, 6) is 1.47. The van der Waals surface area contributed by atoms with Crippen LogP contribution in [0.15, 0.2) is 22.8 Å². The van der Waals surface area contributed by atoms with Crippen molar-refractivity contribution in [2.45, 2.75) is 10.1 Å². The first kappa shape index (κ1) is 9.35. The maximum atomic E-state index is 5.45. The molecule has 14 heavy (non-hydrogen) atoms. The predicted octanol–water partition coefficient (Wildman–Crippen LogP) is 1.20. The van der Waals surface area contributed by atoms with Gasteiger partial charge in [-0.3, -0.25) is 0 Å². The van der Waals surface area contributed by atoms with E-state index in [0.717, 1.165) is 10.2 Å². The first-order valence-electron chi connectivity index (χ1n) is 3.82. The minimum absolute atomic E-state index is 0.487. The van der Waals surface area contributed by atoms with Crippen molar-refractivity contribution < 1.29 is 0 Å². The summed E-state index contributed by atoms with van der Waals surface area (Å²) in [4.78, 5) is 8.19. The van der Waals surface area contributed by atoms with E-state index in [0.29, 0.717) is 10.9 Å². The van der Waals surface area contributed by atoms with Crippen LogP contribution < -0.4 is 5.73 Å². The summed E-state index contributed by atoms with van der Waals surface area (Å²) in [7, 11) is 0. The molecule has 0 aliphatic carbocycles. The molecule has 72 valence electrons. The van der Waals surface area contributed by atoms with E-state index in [4.69, 9.17) is 5.73 Å². The Bertz CT molecular complexity index is 401. The smallest absolute Gasteiger partial charge is 0.203 e. The molecule has 0 aliphatic rings. The van der Waals surface area contributed by atoms with Gasteiger partial charge in [-0.2, -0.15) is 0 Å². The molecule has 0 amide bonds. The van der Waals surface area contributed by atoms with E-state index in [9.17, 15) is 0 Å². The molecule has 0 aromatic carbocycles. The largest absolute Gasteiger partial charge is 0.374 e. The lowest BCUT2D eigenvalue weighted by atomic mass is 10.6. The standard InChI is InChI=1S/C7H7N5S2/c8-6-11-12-7(14-6)13-4-5-9-2-1-3-10-5/h1-3H,4H2,(H2,8,11). The summed E-state index contributed by atoms with van der Waals surface area (Å²) in [6, 6.07) is 1.79. The van der Waals surface area contributed by atoms with Gasteiger partial charge in [0.2, 0.25) is 5.13 Å². The summed E-state index contributed by atoms with van der Waals surface area (Å²) in [6.07, 6.45) is 3.44. The molecule has 2 rings (SSSR count). The van der Waals surface area contributed by atoms with Crippen molar-refractivity contribution in [3.8, 4) is 0 Å². The van der Waals surface area contributed by atoms with Gasteiger partial charge >= 0.3 is 0 Å². The van der Waals surface area contributed by atoms with Crippen LogP contribution in [0.5, 0.6) is 0 Å². The SMILES string of the molecule is Nc1nnc(SCc2ncccn2)s1. The van der Waals surface area contributed by atoms with Gasteiger partial charge in [-0.25, -0.2) is 9.97 Å². The molecule has 0 aliphatic heterocycles. The van der Waals surface area contributed by atoms with Gasteiger partial charge in [0.15, 0.2) is 4.34 Å². The van der Waals surface area contributed by atoms with Gasteiger partial charge in [0.25, 0.3) is 0 Å². The Hall–Kier alpha value is -1.21. The third kappa shape index (κ3) is 2.39. The number of hydrogen-bond donors (Lipinski definition) is 1. The normalized spacial score (nSPS) is 10.3. The molecule has 0 radical (unpaired) electrons. The van der Waals surface area contributed by atoms with E-state index >= 15 is 0 Å². The number of nitrogens with two attached hydrogens (primary N) is 1. The van der Waals surface area contributed by atoms with Gasteiger partial charge < -0.3 is 5.73 Å². The average molecular weight is 225 g/mol. The molecule has 0 saturated heterocycles. The maximum Gasteiger partial charge on any atom is 0.203 e. The van der Waals surface area contributed by atoms with Crippen LogP contribution in [0.1, 0.15) is 5.82 Å². The lowest BCUT2D eigenvalue weighted by Gasteiger charge is -1.94. The van der Waals surface area contributed by atoms with Crippen LogP contribution in [0, 0.1) is 0 Å². The molecule has 0 bridgehead atoms. The fraction of sp³-hybridized carbons (Fsp3) is 0.143. The van der Waals surface area contributed by atoms with Crippen LogP contribution in [0.2, 0.25) is 0 Å². The van der Waals surface area contributed by atoms with Crippen molar-refractivity contribution in [1.29, 1.82) is 0 Å². The zero-order chi connectivity index (χ0) is 9.80. The van der Waals surface area contributed by atoms with Gasteiger partial charge in [-0.05, 0) is 6.07 Å². The Morgan fingerprint density at radius 1 is 1.29 bits per heavy atom. The van der Waals surface area contributed by atoms with Gasteiger partial charge in [-0.1, -0.05) is 23.1 Å². The Morgan fingerprint density at radius 2 is 2.07 bits per heavy atom. The van der Waals surface area contributed by atoms with Gasteiger partial charge in [-0.15, -0.1) is 10.2 Å². The van der Waals surface area contributed by atoms with E-state index in [2.05, 4.69) is 20.2 Å². The molecular weight excluding hydrogens is 218 g/mol. The molecule has 0 spiro atoms. The van der Waals surface area contributed by atoms with Crippen LogP contribution in [0.4, 0.5) is 5.13 Å². The summed E-state index contributed by atoms with van der Waals surface area (Å²) >= 11 is 2.90. The maximum absolute atomic E-state index is 5.45. The lowest BCUT2D eigenvalue weighted by molar-refractivity contribution is 1.00. The molecule has 7 heteroatoms. The molecule has 2 aromatic rings. The average Bonchev–Trinajstić information content (AvgIpc) is 2.63. The van der Waals surface area contributed by atoms with Crippen molar-refractivity contribution in [1.82, 2.24) is 20.2 Å². The first-order valence-corrected chi connectivity index (χ1v) is 5.62. The number of anilines is 1. The molecule has 0 atom stereocenters. The molecular formula is C7H7N5S2. The number of nitrogen functional groups attached to an aromatic ring is 1. The highest BCUT2D eigenvalue weighted by atomic mass is 32.2. The van der Waals surface area contributed by atoms with Gasteiger partial charge in [0, 0.05) is 12.4 Å². The molecule has 2 aromatic heterocycles. The minimum Gasteiger partial charge on any atom is -0.374 e. The second-order valence-corrected chi connectivity index (χ2v) is 4.59. The molecule has 2 N–H and O–H groups in total. The number of hydrogen-bond acceptors (Lipinski definition) is 7. The summed E-state index contributed by atoms with van der Waals surface area (Å²) < 4.78 is 0.843. The van der Waals surface area contributed by atoms with Crippen molar-refractivity contribution in [2.75, 3.05) is 5.73 Å². The van der Waals surface area contributed by atoms with Gasteiger partial charge in [0.05, 0.1) is 5.75 Å². The molecule has 0 fully saturated rings. The fourth-order valence-electron chi connectivity index (χ4n) is 0.810. The number of thioether (sulfide) groups is 1. The van der Waals surface area contributed by atoms with Crippen molar-refractivity contribution in [3.05, 3.63) is 24.3 Å². The zero-order valence-corrected chi connectivity index (χ0v) is 8.75. The quantitative estimate of drug-likeness (QED) is 0.791.